The number of nitrogens with one attached hydrogen (secondary N) is 1. The highest BCUT2D eigenvalue weighted by molar-refractivity contribution is 5.68. The summed E-state index contributed by atoms with van der Waals surface area (Å²) in [5.41, 5.74) is -0.733. The van der Waals surface area contributed by atoms with Crippen molar-refractivity contribution in [3.05, 3.63) is 0 Å². The second-order valence-corrected chi connectivity index (χ2v) is 5.69. The Balaban J connectivity index is 0.00000123. The van der Waals surface area contributed by atoms with E-state index < -0.39 is 11.7 Å². The number of hydrogen-bond acceptors (Lipinski definition) is 5. The molecule has 6 heteroatoms. The zero-order valence-electron chi connectivity index (χ0n) is 14.7. The third kappa shape index (κ3) is 7.69. The molecule has 2 fully saturated rings. The number of carbonyl (C=O) groups excluding carboxylic acids is 1. The van der Waals surface area contributed by atoms with E-state index in [1.807, 2.05) is 0 Å². The standard InChI is InChI=1S/C14H22N2O4.C3H8.H2/c1-2-4-14(11-19-12-14)20-13(17)15-5-3-6-16-7-9-18-10-8-16;1-3-2;/h3,5-12H2,1H3,(H,15,17);3H2,1-2H3;1H. The van der Waals surface area contributed by atoms with Gasteiger partial charge in [-0.3, -0.25) is 4.90 Å². The molecule has 0 radical (unpaired) electrons. The summed E-state index contributed by atoms with van der Waals surface area (Å²) in [6, 6.07) is 0. The number of morpholine rings is 1. The van der Waals surface area contributed by atoms with Crippen molar-refractivity contribution in [2.45, 2.75) is 39.2 Å². The van der Waals surface area contributed by atoms with Crippen molar-refractivity contribution in [3.8, 4) is 11.8 Å². The van der Waals surface area contributed by atoms with E-state index in [9.17, 15) is 4.79 Å². The molecule has 6 nitrogen and oxygen atoms in total. The van der Waals surface area contributed by atoms with Crippen LogP contribution in [0, 0.1) is 11.8 Å². The lowest BCUT2D eigenvalue weighted by Crippen LogP contribution is -2.53. The second kappa shape index (κ2) is 11.3. The molecule has 0 saturated carbocycles. The summed E-state index contributed by atoms with van der Waals surface area (Å²) in [6.07, 6.45) is 1.73. The molecule has 134 valence electrons. The maximum atomic E-state index is 11.7. The van der Waals surface area contributed by atoms with Gasteiger partial charge in [0.1, 0.15) is 13.2 Å². The summed E-state index contributed by atoms with van der Waals surface area (Å²) in [6.45, 7) is 11.8. The molecular weight excluding hydrogens is 296 g/mol. The molecule has 2 rings (SSSR count). The Morgan fingerprint density at radius 1 is 1.30 bits per heavy atom. The number of ether oxygens (including phenoxy) is 3. The Labute approximate surface area is 141 Å². The lowest BCUT2D eigenvalue weighted by molar-refractivity contribution is -0.142. The van der Waals surface area contributed by atoms with Crippen LogP contribution in [0.4, 0.5) is 4.79 Å². The van der Waals surface area contributed by atoms with Crippen molar-refractivity contribution in [1.29, 1.82) is 0 Å². The fourth-order valence-electron chi connectivity index (χ4n) is 2.20. The van der Waals surface area contributed by atoms with Gasteiger partial charge in [0.15, 0.2) is 0 Å². The smallest absolute Gasteiger partial charge is 0.408 e. The maximum absolute atomic E-state index is 11.7. The van der Waals surface area contributed by atoms with E-state index in [4.69, 9.17) is 14.2 Å². The van der Waals surface area contributed by atoms with Gasteiger partial charge in [-0.25, -0.2) is 4.79 Å². The molecule has 1 amide bonds. The highest BCUT2D eigenvalue weighted by Crippen LogP contribution is 2.20. The van der Waals surface area contributed by atoms with Gasteiger partial charge in [0.2, 0.25) is 5.60 Å². The third-order valence-corrected chi connectivity index (χ3v) is 3.34. The average molecular weight is 328 g/mol. The van der Waals surface area contributed by atoms with Crippen molar-refractivity contribution in [3.63, 3.8) is 0 Å². The Morgan fingerprint density at radius 2 is 1.96 bits per heavy atom. The van der Waals surface area contributed by atoms with Gasteiger partial charge in [0, 0.05) is 21.1 Å². The molecule has 0 aliphatic carbocycles. The first-order chi connectivity index (χ1) is 11.2. The lowest BCUT2D eigenvalue weighted by atomic mass is 10.0. The van der Waals surface area contributed by atoms with Gasteiger partial charge in [-0.2, -0.15) is 0 Å². The zero-order chi connectivity index (χ0) is 17.0. The van der Waals surface area contributed by atoms with Crippen molar-refractivity contribution in [1.82, 2.24) is 10.2 Å². The minimum atomic E-state index is -0.733. The number of alkyl carbamates (subject to hydrolysis) is 1. The summed E-state index contributed by atoms with van der Waals surface area (Å²) in [4.78, 5) is 14.0. The molecule has 1 N–H and O–H groups in total. The first kappa shape index (κ1) is 19.8. The van der Waals surface area contributed by atoms with Gasteiger partial charge in [0.05, 0.1) is 13.2 Å². The highest BCUT2D eigenvalue weighted by atomic mass is 16.6. The molecule has 2 heterocycles. The van der Waals surface area contributed by atoms with Gasteiger partial charge in [-0.15, -0.1) is 5.92 Å². The second-order valence-electron chi connectivity index (χ2n) is 5.69. The van der Waals surface area contributed by atoms with Gasteiger partial charge in [-0.05, 0) is 19.9 Å². The molecular formula is C17H32N2O4. The summed E-state index contributed by atoms with van der Waals surface area (Å²) in [5, 5.41) is 2.76. The van der Waals surface area contributed by atoms with Crippen LogP contribution in [0.25, 0.3) is 0 Å². The summed E-state index contributed by atoms with van der Waals surface area (Å²) >= 11 is 0. The van der Waals surface area contributed by atoms with Gasteiger partial charge in [0.25, 0.3) is 0 Å². The number of hydrogen-bond donors (Lipinski definition) is 1. The molecule has 0 aromatic heterocycles. The van der Waals surface area contributed by atoms with E-state index in [-0.39, 0.29) is 1.43 Å². The fraction of sp³-hybridized carbons (Fsp3) is 0.824. The van der Waals surface area contributed by atoms with E-state index >= 15 is 0 Å². The van der Waals surface area contributed by atoms with Crippen LogP contribution < -0.4 is 5.32 Å². The van der Waals surface area contributed by atoms with Crippen LogP contribution >= 0.6 is 0 Å². The minimum absolute atomic E-state index is 0. The summed E-state index contributed by atoms with van der Waals surface area (Å²) < 4.78 is 15.7. The number of rotatable bonds is 5. The maximum Gasteiger partial charge on any atom is 0.408 e. The fourth-order valence-corrected chi connectivity index (χ4v) is 2.20. The molecule has 0 aromatic carbocycles. The van der Waals surface area contributed by atoms with Crippen molar-refractivity contribution >= 4 is 6.09 Å². The topological polar surface area (TPSA) is 60.0 Å². The monoisotopic (exact) mass is 328 g/mol. The first-order valence-corrected chi connectivity index (χ1v) is 8.44. The third-order valence-electron chi connectivity index (χ3n) is 3.34. The van der Waals surface area contributed by atoms with E-state index in [2.05, 4.69) is 35.9 Å². The van der Waals surface area contributed by atoms with Gasteiger partial charge < -0.3 is 19.5 Å². The molecule has 0 bridgehead atoms. The molecule has 0 atom stereocenters. The molecule has 0 unspecified atom stereocenters. The van der Waals surface area contributed by atoms with Gasteiger partial charge in [-0.1, -0.05) is 26.2 Å². The average Bonchev–Trinajstić information content (AvgIpc) is 2.51. The van der Waals surface area contributed by atoms with Gasteiger partial charge >= 0.3 is 6.09 Å². The quantitative estimate of drug-likeness (QED) is 0.617. The Morgan fingerprint density at radius 3 is 2.48 bits per heavy atom. The molecule has 2 aliphatic heterocycles. The number of nitrogens with zero attached hydrogens (tertiary/aromatic N) is 1. The van der Waals surface area contributed by atoms with E-state index in [0.717, 1.165) is 39.3 Å². The highest BCUT2D eigenvalue weighted by Gasteiger charge is 2.41. The van der Waals surface area contributed by atoms with Crippen LogP contribution in [0.1, 0.15) is 35.0 Å². The van der Waals surface area contributed by atoms with Crippen molar-refractivity contribution in [2.75, 3.05) is 52.6 Å². The summed E-state index contributed by atoms with van der Waals surface area (Å²) in [5.74, 6) is 5.66. The Kier molecular flexibility index (Phi) is 9.69. The van der Waals surface area contributed by atoms with E-state index in [1.165, 1.54) is 6.42 Å². The lowest BCUT2D eigenvalue weighted by Gasteiger charge is -2.35. The molecule has 23 heavy (non-hydrogen) atoms. The first-order valence-electron chi connectivity index (χ1n) is 8.44. The van der Waals surface area contributed by atoms with E-state index in [1.54, 1.807) is 6.92 Å². The minimum Gasteiger partial charge on any atom is -0.425 e. The number of carbonyl (C=O) groups is 1. The van der Waals surface area contributed by atoms with Crippen molar-refractivity contribution in [2.24, 2.45) is 0 Å². The van der Waals surface area contributed by atoms with Crippen molar-refractivity contribution < 1.29 is 20.4 Å². The normalized spacial score (nSPS) is 19.3. The molecule has 0 aromatic rings. The molecule has 2 saturated heterocycles. The SMILES string of the molecule is CC#CC1(OC(=O)NCCCN2CCOCC2)COC1.CCC.[HH]. The Hall–Kier alpha value is -1.29. The largest absolute Gasteiger partial charge is 0.425 e. The predicted octanol–water partition coefficient (Wildman–Crippen LogP) is 1.89. The zero-order valence-corrected chi connectivity index (χ0v) is 14.7. The molecule has 0 spiro atoms. The van der Waals surface area contributed by atoms with Crippen LogP contribution in [0.15, 0.2) is 0 Å². The van der Waals surface area contributed by atoms with Crippen LogP contribution in [-0.2, 0) is 14.2 Å². The predicted molar refractivity (Wildman–Crippen MR) is 91.4 cm³/mol. The van der Waals surface area contributed by atoms with Crippen LogP contribution in [-0.4, -0.2) is 69.2 Å². The van der Waals surface area contributed by atoms with Crippen LogP contribution in [0.2, 0.25) is 0 Å². The Bertz CT molecular complexity index is 399. The van der Waals surface area contributed by atoms with Crippen LogP contribution in [0.5, 0.6) is 0 Å². The number of amides is 1. The van der Waals surface area contributed by atoms with Crippen LogP contribution in [0.3, 0.4) is 0 Å². The molecule has 2 aliphatic rings. The van der Waals surface area contributed by atoms with E-state index in [0.29, 0.717) is 19.8 Å². The summed E-state index contributed by atoms with van der Waals surface area (Å²) in [7, 11) is 0.